The summed E-state index contributed by atoms with van der Waals surface area (Å²) in [6, 6.07) is 0.111. The fraction of sp³-hybridized carbons (Fsp3) is 0.545. The molecule has 0 bridgehead atoms. The van der Waals surface area contributed by atoms with E-state index in [1.165, 1.54) is 0 Å². The molecule has 2 rings (SSSR count). The van der Waals surface area contributed by atoms with Gasteiger partial charge in [-0.3, -0.25) is 4.40 Å². The SMILES string of the molecule is COC(C)CC(N)Cc1cn2ccsc2n1. The zero-order valence-corrected chi connectivity index (χ0v) is 10.4. The van der Waals surface area contributed by atoms with Gasteiger partial charge in [0.1, 0.15) is 0 Å². The van der Waals surface area contributed by atoms with Crippen LogP contribution in [-0.4, -0.2) is 28.6 Å². The Morgan fingerprint density at radius 1 is 1.62 bits per heavy atom. The zero-order valence-electron chi connectivity index (χ0n) is 9.59. The molecule has 0 aromatic carbocycles. The Bertz CT molecular complexity index is 422. The average molecular weight is 239 g/mol. The second-order valence-corrected chi connectivity index (χ2v) is 4.94. The smallest absolute Gasteiger partial charge is 0.193 e. The quantitative estimate of drug-likeness (QED) is 0.864. The van der Waals surface area contributed by atoms with Crippen molar-refractivity contribution in [2.45, 2.75) is 31.9 Å². The molecule has 5 heteroatoms. The van der Waals surface area contributed by atoms with Gasteiger partial charge in [-0.1, -0.05) is 0 Å². The van der Waals surface area contributed by atoms with Crippen molar-refractivity contribution in [1.82, 2.24) is 9.38 Å². The van der Waals surface area contributed by atoms with Crippen molar-refractivity contribution in [2.75, 3.05) is 7.11 Å². The Morgan fingerprint density at radius 2 is 2.44 bits per heavy atom. The summed E-state index contributed by atoms with van der Waals surface area (Å²) in [5.74, 6) is 0. The largest absolute Gasteiger partial charge is 0.382 e. The highest BCUT2D eigenvalue weighted by Gasteiger charge is 2.11. The van der Waals surface area contributed by atoms with E-state index in [1.54, 1.807) is 18.4 Å². The predicted molar refractivity (Wildman–Crippen MR) is 65.8 cm³/mol. The van der Waals surface area contributed by atoms with Crippen LogP contribution in [0.15, 0.2) is 17.8 Å². The van der Waals surface area contributed by atoms with Gasteiger partial charge in [0.15, 0.2) is 4.96 Å². The van der Waals surface area contributed by atoms with Crippen molar-refractivity contribution in [1.29, 1.82) is 0 Å². The van der Waals surface area contributed by atoms with Gasteiger partial charge >= 0.3 is 0 Å². The Kier molecular flexibility index (Phi) is 3.58. The molecule has 0 aliphatic heterocycles. The van der Waals surface area contributed by atoms with Gasteiger partial charge < -0.3 is 10.5 Å². The number of hydrogen-bond acceptors (Lipinski definition) is 4. The molecule has 0 saturated carbocycles. The first-order valence-corrected chi connectivity index (χ1v) is 6.26. The van der Waals surface area contributed by atoms with Crippen molar-refractivity contribution in [3.8, 4) is 0 Å². The van der Waals surface area contributed by atoms with Crippen LogP contribution in [0.5, 0.6) is 0 Å². The molecule has 2 aromatic heterocycles. The lowest BCUT2D eigenvalue weighted by atomic mass is 10.1. The van der Waals surface area contributed by atoms with E-state index in [2.05, 4.69) is 4.98 Å². The Labute approximate surface area is 99.1 Å². The van der Waals surface area contributed by atoms with Gasteiger partial charge in [0.25, 0.3) is 0 Å². The molecule has 2 atom stereocenters. The third kappa shape index (κ3) is 2.61. The molecule has 4 nitrogen and oxygen atoms in total. The van der Waals surface area contributed by atoms with Gasteiger partial charge in [-0.05, 0) is 13.3 Å². The highest BCUT2D eigenvalue weighted by atomic mass is 32.1. The Hall–Kier alpha value is -0.910. The summed E-state index contributed by atoms with van der Waals surface area (Å²) in [6.07, 6.45) is 5.94. The summed E-state index contributed by atoms with van der Waals surface area (Å²) in [7, 11) is 1.71. The van der Waals surface area contributed by atoms with Crippen LogP contribution < -0.4 is 5.73 Å². The molecule has 2 N–H and O–H groups in total. The molecular weight excluding hydrogens is 222 g/mol. The number of thiazole rings is 1. The van der Waals surface area contributed by atoms with Crippen molar-refractivity contribution >= 4 is 16.3 Å². The van der Waals surface area contributed by atoms with E-state index in [9.17, 15) is 0 Å². The van der Waals surface area contributed by atoms with Crippen LogP contribution >= 0.6 is 11.3 Å². The lowest BCUT2D eigenvalue weighted by molar-refractivity contribution is 0.104. The number of nitrogens with zero attached hydrogens (tertiary/aromatic N) is 2. The normalized spacial score (nSPS) is 15.4. The van der Waals surface area contributed by atoms with E-state index in [4.69, 9.17) is 10.5 Å². The van der Waals surface area contributed by atoms with Gasteiger partial charge in [-0.25, -0.2) is 4.98 Å². The number of fused-ring (bicyclic) bond motifs is 1. The van der Waals surface area contributed by atoms with Gasteiger partial charge in [0.05, 0.1) is 11.8 Å². The fourth-order valence-electron chi connectivity index (χ4n) is 1.75. The van der Waals surface area contributed by atoms with Crippen LogP contribution in [0.1, 0.15) is 19.0 Å². The second-order valence-electron chi connectivity index (χ2n) is 4.07. The van der Waals surface area contributed by atoms with Gasteiger partial charge in [-0.15, -0.1) is 11.3 Å². The molecule has 0 aliphatic carbocycles. The van der Waals surface area contributed by atoms with Crippen LogP contribution in [0, 0.1) is 0 Å². The Morgan fingerprint density at radius 3 is 3.12 bits per heavy atom. The predicted octanol–water partition coefficient (Wildman–Crippen LogP) is 1.69. The molecule has 16 heavy (non-hydrogen) atoms. The summed E-state index contributed by atoms with van der Waals surface area (Å²) in [6.45, 7) is 2.03. The van der Waals surface area contributed by atoms with Crippen LogP contribution in [0.4, 0.5) is 0 Å². The van der Waals surface area contributed by atoms with Gasteiger partial charge in [0.2, 0.25) is 0 Å². The average Bonchev–Trinajstić information content (AvgIpc) is 2.77. The first-order chi connectivity index (χ1) is 7.69. The molecule has 2 unspecified atom stereocenters. The molecule has 0 spiro atoms. The number of aromatic nitrogens is 2. The topological polar surface area (TPSA) is 52.5 Å². The minimum absolute atomic E-state index is 0.111. The number of methoxy groups -OCH3 is 1. The molecule has 0 aliphatic rings. The van der Waals surface area contributed by atoms with Crippen LogP contribution in [0.3, 0.4) is 0 Å². The summed E-state index contributed by atoms with van der Waals surface area (Å²) in [5.41, 5.74) is 7.10. The van der Waals surface area contributed by atoms with Crippen LogP contribution in [0.2, 0.25) is 0 Å². The van der Waals surface area contributed by atoms with E-state index in [0.29, 0.717) is 0 Å². The minimum atomic E-state index is 0.111. The van der Waals surface area contributed by atoms with E-state index >= 15 is 0 Å². The fourth-order valence-corrected chi connectivity index (χ4v) is 2.47. The van der Waals surface area contributed by atoms with Crippen molar-refractivity contribution < 1.29 is 4.74 Å². The van der Waals surface area contributed by atoms with Crippen LogP contribution in [-0.2, 0) is 11.2 Å². The molecule has 0 radical (unpaired) electrons. The maximum Gasteiger partial charge on any atom is 0.193 e. The molecule has 0 saturated heterocycles. The molecular formula is C11H17N3OS. The maximum atomic E-state index is 6.05. The summed E-state index contributed by atoms with van der Waals surface area (Å²) < 4.78 is 7.23. The first-order valence-electron chi connectivity index (χ1n) is 5.38. The monoisotopic (exact) mass is 239 g/mol. The number of imidazole rings is 1. The number of nitrogens with two attached hydrogens (primary N) is 1. The zero-order chi connectivity index (χ0) is 11.5. The van der Waals surface area contributed by atoms with E-state index < -0.39 is 0 Å². The highest BCUT2D eigenvalue weighted by molar-refractivity contribution is 7.15. The second kappa shape index (κ2) is 4.95. The molecule has 0 amide bonds. The molecule has 2 heterocycles. The lowest BCUT2D eigenvalue weighted by Crippen LogP contribution is -2.28. The Balaban J connectivity index is 1.96. The lowest BCUT2D eigenvalue weighted by Gasteiger charge is -2.14. The first kappa shape index (κ1) is 11.6. The van der Waals surface area contributed by atoms with Crippen molar-refractivity contribution in [3.05, 3.63) is 23.5 Å². The molecule has 88 valence electrons. The minimum Gasteiger partial charge on any atom is -0.382 e. The third-order valence-corrected chi connectivity index (χ3v) is 3.42. The third-order valence-electron chi connectivity index (χ3n) is 2.65. The highest BCUT2D eigenvalue weighted by Crippen LogP contribution is 2.13. The number of hydrogen-bond donors (Lipinski definition) is 1. The summed E-state index contributed by atoms with van der Waals surface area (Å²) in [4.78, 5) is 5.54. The van der Waals surface area contributed by atoms with Crippen molar-refractivity contribution in [3.63, 3.8) is 0 Å². The van der Waals surface area contributed by atoms with Gasteiger partial charge in [0, 0.05) is 37.3 Å². The molecule has 2 aromatic rings. The standard InChI is InChI=1S/C11H17N3OS/c1-8(15-2)5-9(12)6-10-7-14-3-4-16-11(14)13-10/h3-4,7-9H,5-6,12H2,1-2H3. The molecule has 0 fully saturated rings. The summed E-state index contributed by atoms with van der Waals surface area (Å²) >= 11 is 1.64. The summed E-state index contributed by atoms with van der Waals surface area (Å²) in [5, 5.41) is 2.03. The number of ether oxygens (including phenoxy) is 1. The van der Waals surface area contributed by atoms with E-state index in [0.717, 1.165) is 23.5 Å². The number of rotatable bonds is 5. The van der Waals surface area contributed by atoms with E-state index in [1.807, 2.05) is 29.1 Å². The van der Waals surface area contributed by atoms with E-state index in [-0.39, 0.29) is 12.1 Å². The van der Waals surface area contributed by atoms with Crippen LogP contribution in [0.25, 0.3) is 4.96 Å². The maximum absolute atomic E-state index is 6.05. The van der Waals surface area contributed by atoms with Gasteiger partial charge in [-0.2, -0.15) is 0 Å². The van der Waals surface area contributed by atoms with Crippen molar-refractivity contribution in [2.24, 2.45) is 5.73 Å².